The fraction of sp³-hybridized carbons (Fsp3) is 0.0476. The molecule has 0 aliphatic heterocycles. The minimum absolute atomic E-state index is 0.0916. The molecule has 5 heteroatoms. The first-order valence-electron chi connectivity index (χ1n) is 8.20. The van der Waals surface area contributed by atoms with Crippen LogP contribution in [0.1, 0.15) is 21.6 Å². The number of aromatic nitrogens is 2. The fourth-order valence-electron chi connectivity index (χ4n) is 3.07. The molecule has 0 atom stereocenters. The van der Waals surface area contributed by atoms with Gasteiger partial charge in [0.25, 0.3) is 11.5 Å². The summed E-state index contributed by atoms with van der Waals surface area (Å²) in [4.78, 5) is 13.6. The standard InChI is InChI=1S/C21H15FN2O2/c22-17-12-10-15(11-13-17)14-23-19-9-5-4-8-18(19)20(24(23)26)21(25)16-6-2-1-3-7-16/h1-13H,14H2. The number of nitrogens with zero attached hydrogens (tertiary/aromatic N) is 2. The van der Waals surface area contributed by atoms with E-state index in [9.17, 15) is 14.4 Å². The van der Waals surface area contributed by atoms with Crippen molar-refractivity contribution in [1.29, 1.82) is 0 Å². The van der Waals surface area contributed by atoms with Gasteiger partial charge in [0, 0.05) is 5.56 Å². The Morgan fingerprint density at radius 1 is 0.923 bits per heavy atom. The van der Waals surface area contributed by atoms with Gasteiger partial charge < -0.3 is 5.21 Å². The van der Waals surface area contributed by atoms with Crippen molar-refractivity contribution < 1.29 is 14.0 Å². The second-order valence-corrected chi connectivity index (χ2v) is 6.02. The van der Waals surface area contributed by atoms with Crippen LogP contribution in [0.5, 0.6) is 0 Å². The third-order valence-electron chi connectivity index (χ3n) is 4.34. The Morgan fingerprint density at radius 2 is 1.58 bits per heavy atom. The van der Waals surface area contributed by atoms with Crippen molar-refractivity contribution in [3.05, 3.63) is 107 Å². The molecular formula is C21H15FN2O2. The van der Waals surface area contributed by atoms with Crippen molar-refractivity contribution in [2.24, 2.45) is 0 Å². The Bertz CT molecular complexity index is 1090. The topological polar surface area (TPSA) is 48.9 Å². The van der Waals surface area contributed by atoms with E-state index in [0.717, 1.165) is 5.56 Å². The summed E-state index contributed by atoms with van der Waals surface area (Å²) >= 11 is 0. The average molecular weight is 346 g/mol. The summed E-state index contributed by atoms with van der Waals surface area (Å²) in [5, 5.41) is 13.6. The summed E-state index contributed by atoms with van der Waals surface area (Å²) in [6, 6.07) is 21.9. The van der Waals surface area contributed by atoms with Gasteiger partial charge in [-0.15, -0.1) is 4.68 Å². The molecule has 4 nitrogen and oxygen atoms in total. The van der Waals surface area contributed by atoms with E-state index in [1.807, 2.05) is 12.1 Å². The summed E-state index contributed by atoms with van der Waals surface area (Å²) in [7, 11) is 0. The second-order valence-electron chi connectivity index (χ2n) is 6.02. The molecule has 0 unspecified atom stereocenters. The lowest BCUT2D eigenvalue weighted by molar-refractivity contribution is -0.692. The molecule has 0 aliphatic carbocycles. The number of ketones is 1. The van der Waals surface area contributed by atoms with Gasteiger partial charge in [0.2, 0.25) is 0 Å². The Labute approximate surface area is 149 Å². The van der Waals surface area contributed by atoms with Crippen LogP contribution in [0.15, 0.2) is 78.9 Å². The molecule has 0 aliphatic rings. The lowest BCUT2D eigenvalue weighted by Gasteiger charge is -2.06. The van der Waals surface area contributed by atoms with Gasteiger partial charge >= 0.3 is 0 Å². The minimum atomic E-state index is -0.332. The first-order chi connectivity index (χ1) is 12.6. The summed E-state index contributed by atoms with van der Waals surface area (Å²) in [6.45, 7) is 0.242. The molecule has 128 valence electrons. The Kier molecular flexibility index (Phi) is 3.97. The molecule has 3 aromatic carbocycles. The normalized spacial score (nSPS) is 11.0. The van der Waals surface area contributed by atoms with Crippen molar-refractivity contribution in [3.63, 3.8) is 0 Å². The highest BCUT2D eigenvalue weighted by Gasteiger charge is 2.28. The maximum Gasteiger partial charge on any atom is 0.299 e. The third-order valence-corrected chi connectivity index (χ3v) is 4.34. The molecule has 0 radical (unpaired) electrons. The van der Waals surface area contributed by atoms with Crippen molar-refractivity contribution >= 4 is 16.7 Å². The van der Waals surface area contributed by atoms with E-state index in [1.165, 1.54) is 16.8 Å². The molecule has 0 amide bonds. The quantitative estimate of drug-likeness (QED) is 0.321. The second kappa shape index (κ2) is 6.44. The highest BCUT2D eigenvalue weighted by atomic mass is 19.1. The van der Waals surface area contributed by atoms with Crippen LogP contribution in [-0.4, -0.2) is 10.5 Å². The van der Waals surface area contributed by atoms with Crippen molar-refractivity contribution in [2.75, 3.05) is 0 Å². The van der Waals surface area contributed by atoms with Gasteiger partial charge in [0.15, 0.2) is 0 Å². The number of rotatable bonds is 4. The molecule has 4 rings (SSSR count). The van der Waals surface area contributed by atoms with E-state index in [-0.39, 0.29) is 23.8 Å². The van der Waals surface area contributed by atoms with Crippen LogP contribution < -0.4 is 4.85 Å². The third kappa shape index (κ3) is 2.73. The first-order valence-corrected chi connectivity index (χ1v) is 8.20. The van der Waals surface area contributed by atoms with Crippen LogP contribution >= 0.6 is 0 Å². The number of carbonyl (C=O) groups excluding carboxylic acids is 1. The van der Waals surface area contributed by atoms with Gasteiger partial charge in [-0.3, -0.25) is 4.79 Å². The molecule has 0 fully saturated rings. The van der Waals surface area contributed by atoms with Gasteiger partial charge in [-0.1, -0.05) is 59.4 Å². The number of hydrogen-bond donors (Lipinski definition) is 0. The average Bonchev–Trinajstić information content (AvgIpc) is 2.95. The molecule has 0 N–H and O–H groups in total. The summed E-state index contributed by atoms with van der Waals surface area (Å²) in [6.07, 6.45) is 0. The number of hydrogen-bond acceptors (Lipinski definition) is 2. The molecule has 1 heterocycles. The van der Waals surface area contributed by atoms with Gasteiger partial charge in [-0.05, 0) is 29.8 Å². The number of benzene rings is 3. The number of para-hydroxylation sites is 1. The lowest BCUT2D eigenvalue weighted by Crippen LogP contribution is -2.42. The predicted molar refractivity (Wildman–Crippen MR) is 96.3 cm³/mol. The highest BCUT2D eigenvalue weighted by molar-refractivity contribution is 6.13. The van der Waals surface area contributed by atoms with E-state index in [2.05, 4.69) is 0 Å². The van der Waals surface area contributed by atoms with E-state index in [4.69, 9.17) is 0 Å². The molecule has 0 bridgehead atoms. The Hall–Kier alpha value is -3.47. The van der Waals surface area contributed by atoms with E-state index in [0.29, 0.717) is 21.3 Å². The van der Waals surface area contributed by atoms with Crippen molar-refractivity contribution in [1.82, 2.24) is 4.68 Å². The zero-order chi connectivity index (χ0) is 18.1. The monoisotopic (exact) mass is 346 g/mol. The van der Waals surface area contributed by atoms with Gasteiger partial charge in [-0.2, -0.15) is 0 Å². The van der Waals surface area contributed by atoms with E-state index in [1.54, 1.807) is 54.6 Å². The molecule has 0 spiro atoms. The van der Waals surface area contributed by atoms with Gasteiger partial charge in [0.1, 0.15) is 17.9 Å². The molecule has 26 heavy (non-hydrogen) atoms. The van der Waals surface area contributed by atoms with Crippen LogP contribution in [0, 0.1) is 11.0 Å². The maximum absolute atomic E-state index is 13.1. The first kappa shape index (κ1) is 16.0. The van der Waals surface area contributed by atoms with Crippen LogP contribution in [0.25, 0.3) is 10.9 Å². The minimum Gasteiger partial charge on any atom is -0.595 e. The number of halogens is 1. The number of fused-ring (bicyclic) bond motifs is 1. The predicted octanol–water partition coefficient (Wildman–Crippen LogP) is 3.69. The fourth-order valence-corrected chi connectivity index (χ4v) is 3.07. The molecule has 0 saturated heterocycles. The zero-order valence-electron chi connectivity index (χ0n) is 13.8. The molecule has 1 aromatic heterocycles. The summed E-state index contributed by atoms with van der Waals surface area (Å²) in [5.41, 5.74) is 1.98. The van der Waals surface area contributed by atoms with Crippen LogP contribution in [-0.2, 0) is 6.54 Å². The molecule has 0 saturated carbocycles. The highest BCUT2D eigenvalue weighted by Crippen LogP contribution is 2.21. The van der Waals surface area contributed by atoms with Gasteiger partial charge in [-0.25, -0.2) is 4.39 Å². The van der Waals surface area contributed by atoms with Crippen molar-refractivity contribution in [3.8, 4) is 0 Å². The maximum atomic E-state index is 13.1. The van der Waals surface area contributed by atoms with E-state index >= 15 is 0 Å². The van der Waals surface area contributed by atoms with E-state index < -0.39 is 0 Å². The summed E-state index contributed by atoms with van der Waals surface area (Å²) < 4.78 is 14.6. The largest absolute Gasteiger partial charge is 0.595 e. The van der Waals surface area contributed by atoms with Crippen LogP contribution in [0.3, 0.4) is 0 Å². The number of carbonyl (C=O) groups is 1. The zero-order valence-corrected chi connectivity index (χ0v) is 13.8. The summed E-state index contributed by atoms with van der Waals surface area (Å²) in [5.74, 6) is -0.657. The van der Waals surface area contributed by atoms with Gasteiger partial charge in [0.05, 0.1) is 5.39 Å². The van der Waals surface area contributed by atoms with Crippen molar-refractivity contribution in [2.45, 2.75) is 6.54 Å². The Morgan fingerprint density at radius 3 is 2.31 bits per heavy atom. The lowest BCUT2D eigenvalue weighted by atomic mass is 10.1. The van der Waals surface area contributed by atoms with Crippen LogP contribution in [0.4, 0.5) is 4.39 Å². The smallest absolute Gasteiger partial charge is 0.299 e. The van der Waals surface area contributed by atoms with Crippen LogP contribution in [0.2, 0.25) is 0 Å². The SMILES string of the molecule is O=C(c1ccccc1)c1c2ccccc2n(Cc2ccc(F)cc2)[n+]1[O-]. The Balaban J connectivity index is 1.86. The molecular weight excluding hydrogens is 331 g/mol. The molecule has 4 aromatic rings.